The van der Waals surface area contributed by atoms with Crippen LogP contribution in [0.15, 0.2) is 23.1 Å². The van der Waals surface area contributed by atoms with Gasteiger partial charge in [-0.25, -0.2) is 17.9 Å². The molecule has 0 aliphatic heterocycles. The summed E-state index contributed by atoms with van der Waals surface area (Å²) in [5.74, 6) is -1.32. The number of amides is 1. The number of nitrogens with one attached hydrogen (secondary N) is 2. The Hall–Kier alpha value is -2.13. The van der Waals surface area contributed by atoms with Crippen molar-refractivity contribution in [3.05, 3.63) is 23.8 Å². The van der Waals surface area contributed by atoms with Crippen LogP contribution in [0.25, 0.3) is 0 Å². The van der Waals surface area contributed by atoms with Crippen LogP contribution in [0.1, 0.15) is 43.5 Å². The molecule has 0 bridgehead atoms. The van der Waals surface area contributed by atoms with Crippen molar-refractivity contribution in [1.29, 1.82) is 0 Å². The van der Waals surface area contributed by atoms with Gasteiger partial charge >= 0.3 is 5.97 Å². The second-order valence-electron chi connectivity index (χ2n) is 6.68. The van der Waals surface area contributed by atoms with Crippen LogP contribution in [0, 0.1) is 5.92 Å². The van der Waals surface area contributed by atoms with E-state index in [1.165, 1.54) is 25.3 Å². The number of sulfonamides is 1. The number of carboxylic acids is 1. The molecule has 26 heavy (non-hydrogen) atoms. The zero-order valence-corrected chi connectivity index (χ0v) is 15.8. The van der Waals surface area contributed by atoms with E-state index in [4.69, 9.17) is 4.74 Å². The van der Waals surface area contributed by atoms with Gasteiger partial charge in [0.1, 0.15) is 16.7 Å². The molecule has 1 aliphatic rings. The second kappa shape index (κ2) is 8.05. The number of ether oxygens (including phenoxy) is 1. The molecule has 0 heterocycles. The number of carboxylic acid groups (broad SMARTS) is 1. The highest BCUT2D eigenvalue weighted by Crippen LogP contribution is 2.33. The molecule has 9 heteroatoms. The summed E-state index contributed by atoms with van der Waals surface area (Å²) in [7, 11) is -2.55. The lowest BCUT2D eigenvalue weighted by Crippen LogP contribution is -2.41. The Morgan fingerprint density at radius 3 is 2.46 bits per heavy atom. The molecule has 1 unspecified atom stereocenters. The number of benzene rings is 1. The summed E-state index contributed by atoms with van der Waals surface area (Å²) >= 11 is 0. The summed E-state index contributed by atoms with van der Waals surface area (Å²) in [6.45, 7) is 3.35. The van der Waals surface area contributed by atoms with Gasteiger partial charge in [-0.15, -0.1) is 0 Å². The molecular weight excluding hydrogens is 360 g/mol. The number of aliphatic carboxylic acids is 1. The Morgan fingerprint density at radius 1 is 1.31 bits per heavy atom. The normalized spacial score (nSPS) is 15.5. The first-order valence-electron chi connectivity index (χ1n) is 8.38. The molecule has 0 spiro atoms. The van der Waals surface area contributed by atoms with E-state index < -0.39 is 27.9 Å². The standard InChI is InChI=1S/C17H24N2O6S/c1-10(2)19-26(23,24)15-9-12(6-7-14(15)25-3)16(20)18-13(17(21)22)8-11-4-5-11/h6-7,9-11,13,19H,4-5,8H2,1-3H3,(H,18,20)(H,21,22). The highest BCUT2D eigenvalue weighted by atomic mass is 32.2. The third-order valence-corrected chi connectivity index (χ3v) is 5.66. The van der Waals surface area contributed by atoms with E-state index in [1.807, 2.05) is 0 Å². The van der Waals surface area contributed by atoms with Gasteiger partial charge in [-0.2, -0.15) is 0 Å². The fraction of sp³-hybridized carbons (Fsp3) is 0.529. The van der Waals surface area contributed by atoms with Crippen LogP contribution < -0.4 is 14.8 Å². The van der Waals surface area contributed by atoms with Crippen LogP contribution in [0.5, 0.6) is 5.75 Å². The van der Waals surface area contributed by atoms with Crippen LogP contribution in [-0.2, 0) is 14.8 Å². The van der Waals surface area contributed by atoms with Gasteiger partial charge in [0.2, 0.25) is 10.0 Å². The first kappa shape index (κ1) is 20.2. The van der Waals surface area contributed by atoms with Crippen LogP contribution in [0.3, 0.4) is 0 Å². The highest BCUT2D eigenvalue weighted by Gasteiger charge is 2.31. The lowest BCUT2D eigenvalue weighted by atomic mass is 10.1. The van der Waals surface area contributed by atoms with E-state index in [2.05, 4.69) is 10.0 Å². The van der Waals surface area contributed by atoms with E-state index in [9.17, 15) is 23.1 Å². The van der Waals surface area contributed by atoms with Gasteiger partial charge in [0.25, 0.3) is 5.91 Å². The van der Waals surface area contributed by atoms with Gasteiger partial charge in [0, 0.05) is 11.6 Å². The fourth-order valence-electron chi connectivity index (χ4n) is 2.55. The zero-order chi connectivity index (χ0) is 19.5. The van der Waals surface area contributed by atoms with Crippen molar-refractivity contribution in [2.45, 2.75) is 50.1 Å². The van der Waals surface area contributed by atoms with Gasteiger partial charge in [0.05, 0.1) is 7.11 Å². The molecule has 0 saturated heterocycles. The Labute approximate surface area is 153 Å². The SMILES string of the molecule is COc1ccc(C(=O)NC(CC2CC2)C(=O)O)cc1S(=O)(=O)NC(C)C. The van der Waals surface area contributed by atoms with Crippen molar-refractivity contribution in [3.63, 3.8) is 0 Å². The number of rotatable bonds is 9. The van der Waals surface area contributed by atoms with Gasteiger partial charge in [-0.3, -0.25) is 4.79 Å². The topological polar surface area (TPSA) is 122 Å². The highest BCUT2D eigenvalue weighted by molar-refractivity contribution is 7.89. The maximum atomic E-state index is 12.5. The predicted molar refractivity (Wildman–Crippen MR) is 94.7 cm³/mol. The van der Waals surface area contributed by atoms with Crippen LogP contribution in [0.4, 0.5) is 0 Å². The van der Waals surface area contributed by atoms with Gasteiger partial charge in [-0.05, 0) is 44.4 Å². The second-order valence-corrected chi connectivity index (χ2v) is 8.37. The summed E-state index contributed by atoms with van der Waals surface area (Å²) in [5.41, 5.74) is 0.0528. The lowest BCUT2D eigenvalue weighted by Gasteiger charge is -2.16. The minimum absolute atomic E-state index is 0.0528. The van der Waals surface area contributed by atoms with Gasteiger partial charge in [0.15, 0.2) is 0 Å². The third-order valence-electron chi connectivity index (χ3n) is 3.98. The average Bonchev–Trinajstić information content (AvgIpc) is 3.36. The van der Waals surface area contributed by atoms with Gasteiger partial charge in [-0.1, -0.05) is 12.8 Å². The maximum absolute atomic E-state index is 12.5. The number of hydrogen-bond donors (Lipinski definition) is 3. The summed E-state index contributed by atoms with van der Waals surface area (Å²) in [6, 6.07) is 2.64. The minimum Gasteiger partial charge on any atom is -0.495 e. The van der Waals surface area contributed by atoms with Crippen molar-refractivity contribution in [3.8, 4) is 5.75 Å². The van der Waals surface area contributed by atoms with E-state index in [1.54, 1.807) is 13.8 Å². The van der Waals surface area contributed by atoms with Gasteiger partial charge < -0.3 is 15.2 Å². The number of carbonyl (C=O) groups is 2. The molecule has 8 nitrogen and oxygen atoms in total. The van der Waals surface area contributed by atoms with E-state index in [0.717, 1.165) is 12.8 Å². The zero-order valence-electron chi connectivity index (χ0n) is 15.0. The average molecular weight is 384 g/mol. The van der Waals surface area contributed by atoms with Crippen molar-refractivity contribution < 1.29 is 27.9 Å². The predicted octanol–water partition coefficient (Wildman–Crippen LogP) is 1.36. The summed E-state index contributed by atoms with van der Waals surface area (Å²) in [4.78, 5) is 23.6. The lowest BCUT2D eigenvalue weighted by molar-refractivity contribution is -0.139. The number of hydrogen-bond acceptors (Lipinski definition) is 5. The first-order chi connectivity index (χ1) is 12.1. The van der Waals surface area contributed by atoms with E-state index >= 15 is 0 Å². The smallest absolute Gasteiger partial charge is 0.326 e. The third kappa shape index (κ3) is 5.18. The number of methoxy groups -OCH3 is 1. The maximum Gasteiger partial charge on any atom is 0.326 e. The molecule has 144 valence electrons. The monoisotopic (exact) mass is 384 g/mol. The Morgan fingerprint density at radius 2 is 1.96 bits per heavy atom. The Kier molecular flexibility index (Phi) is 6.25. The molecular formula is C17H24N2O6S. The summed E-state index contributed by atoms with van der Waals surface area (Å²) in [6.07, 6.45) is 2.30. The minimum atomic E-state index is -3.88. The molecule has 1 amide bonds. The van der Waals surface area contributed by atoms with Crippen molar-refractivity contribution in [1.82, 2.24) is 10.0 Å². The summed E-state index contributed by atoms with van der Waals surface area (Å²) in [5, 5.41) is 11.7. The van der Waals surface area contributed by atoms with Crippen LogP contribution in [0.2, 0.25) is 0 Å². The molecule has 3 N–H and O–H groups in total. The summed E-state index contributed by atoms with van der Waals surface area (Å²) < 4.78 is 32.4. The molecule has 0 radical (unpaired) electrons. The van der Waals surface area contributed by atoms with Crippen molar-refractivity contribution >= 4 is 21.9 Å². The molecule has 1 aromatic rings. The number of carbonyl (C=O) groups excluding carboxylic acids is 1. The largest absolute Gasteiger partial charge is 0.495 e. The molecule has 1 saturated carbocycles. The van der Waals surface area contributed by atoms with Crippen molar-refractivity contribution in [2.75, 3.05) is 7.11 Å². The molecule has 0 aromatic heterocycles. The molecule has 1 aromatic carbocycles. The quantitative estimate of drug-likeness (QED) is 0.591. The molecule has 1 aliphatic carbocycles. The Bertz CT molecular complexity index is 786. The Balaban J connectivity index is 2.27. The molecule has 1 fully saturated rings. The first-order valence-corrected chi connectivity index (χ1v) is 9.86. The van der Waals surface area contributed by atoms with E-state index in [-0.39, 0.29) is 22.3 Å². The van der Waals surface area contributed by atoms with Crippen LogP contribution >= 0.6 is 0 Å². The van der Waals surface area contributed by atoms with Crippen LogP contribution in [-0.4, -0.2) is 44.6 Å². The van der Waals surface area contributed by atoms with E-state index in [0.29, 0.717) is 12.3 Å². The van der Waals surface area contributed by atoms with Crippen molar-refractivity contribution in [2.24, 2.45) is 5.92 Å². The molecule has 2 rings (SSSR count). The fourth-order valence-corrected chi connectivity index (χ4v) is 4.00. The molecule has 1 atom stereocenters.